The Morgan fingerprint density at radius 1 is 1.33 bits per heavy atom. The van der Waals surface area contributed by atoms with Gasteiger partial charge in [0.15, 0.2) is 0 Å². The zero-order valence-corrected chi connectivity index (χ0v) is 10.2. The summed E-state index contributed by atoms with van der Waals surface area (Å²) in [6.45, 7) is 0.647. The minimum Gasteiger partial charge on any atom is -0.462 e. The van der Waals surface area contributed by atoms with Crippen molar-refractivity contribution >= 4 is 17.8 Å². The van der Waals surface area contributed by atoms with E-state index in [-0.39, 0.29) is 25.1 Å². The van der Waals surface area contributed by atoms with E-state index in [0.717, 1.165) is 20.0 Å². The van der Waals surface area contributed by atoms with Crippen LogP contribution < -0.4 is 5.32 Å². The van der Waals surface area contributed by atoms with Crippen molar-refractivity contribution < 1.29 is 23.9 Å². The summed E-state index contributed by atoms with van der Waals surface area (Å²) in [5.74, 6) is -2.02. The zero-order chi connectivity index (χ0) is 13.1. The van der Waals surface area contributed by atoms with Crippen LogP contribution in [0, 0.1) is 0 Å². The highest BCUT2D eigenvalue weighted by atomic mass is 16.5. The number of carbonyl (C=O) groups excluding carboxylic acids is 3. The van der Waals surface area contributed by atoms with Crippen molar-refractivity contribution in [2.45, 2.75) is 24.9 Å². The Bertz CT molecular complexity index is 366. The fourth-order valence-electron chi connectivity index (χ4n) is 1.79. The Hall–Kier alpha value is -1.63. The molecule has 2 amide bonds. The van der Waals surface area contributed by atoms with E-state index >= 15 is 0 Å². The molecule has 2 aliphatic rings. The van der Waals surface area contributed by atoms with Gasteiger partial charge >= 0.3 is 11.9 Å². The van der Waals surface area contributed by atoms with E-state index in [2.05, 4.69) is 10.1 Å². The van der Waals surface area contributed by atoms with Crippen molar-refractivity contribution in [2.75, 3.05) is 26.9 Å². The average molecular weight is 256 g/mol. The molecule has 1 aliphatic carbocycles. The minimum atomic E-state index is -0.957. The van der Waals surface area contributed by atoms with Gasteiger partial charge in [0, 0.05) is 12.6 Å². The highest BCUT2D eigenvalue weighted by Gasteiger charge is 2.38. The van der Waals surface area contributed by atoms with Crippen LogP contribution in [-0.2, 0) is 23.9 Å². The molecular weight excluding hydrogens is 240 g/mol. The summed E-state index contributed by atoms with van der Waals surface area (Å²) in [4.78, 5) is 36.1. The van der Waals surface area contributed by atoms with Gasteiger partial charge in [0.25, 0.3) is 0 Å². The van der Waals surface area contributed by atoms with Gasteiger partial charge in [0.05, 0.1) is 20.3 Å². The first-order valence-corrected chi connectivity index (χ1v) is 5.90. The molecule has 100 valence electrons. The summed E-state index contributed by atoms with van der Waals surface area (Å²) in [7, 11) is 1.14. The predicted molar refractivity (Wildman–Crippen MR) is 59.5 cm³/mol. The average Bonchev–Trinajstić information content (AvgIpc) is 3.20. The summed E-state index contributed by atoms with van der Waals surface area (Å²) in [6, 6.07) is -0.541. The topological polar surface area (TPSA) is 84.9 Å². The Kier molecular flexibility index (Phi) is 3.81. The standard InChI is InChI=1S/C11H16N2O5/c1-17-11(16)10(15)13-4-5-18-6-8(13)9(14)12-7-2-3-7/h7-8H,2-6H2,1H3,(H,12,14). The van der Waals surface area contributed by atoms with E-state index in [0.29, 0.717) is 6.61 Å². The summed E-state index contributed by atoms with van der Waals surface area (Å²) in [5.41, 5.74) is 0. The Labute approximate surface area is 104 Å². The van der Waals surface area contributed by atoms with Crippen molar-refractivity contribution in [2.24, 2.45) is 0 Å². The number of nitrogens with one attached hydrogen (secondary N) is 1. The van der Waals surface area contributed by atoms with Gasteiger partial charge in [-0.25, -0.2) is 4.79 Å². The van der Waals surface area contributed by atoms with Crippen molar-refractivity contribution in [3.63, 3.8) is 0 Å². The first-order chi connectivity index (χ1) is 8.63. The van der Waals surface area contributed by atoms with Gasteiger partial charge in [0.1, 0.15) is 6.04 Å². The zero-order valence-electron chi connectivity index (χ0n) is 10.2. The number of hydrogen-bond acceptors (Lipinski definition) is 5. The van der Waals surface area contributed by atoms with E-state index in [1.807, 2.05) is 0 Å². The third kappa shape index (κ3) is 2.79. The molecule has 0 aromatic rings. The van der Waals surface area contributed by atoms with Crippen LogP contribution in [0.2, 0.25) is 0 Å². The highest BCUT2D eigenvalue weighted by molar-refractivity contribution is 6.32. The number of ether oxygens (including phenoxy) is 2. The van der Waals surface area contributed by atoms with Gasteiger partial charge in [-0.2, -0.15) is 0 Å². The van der Waals surface area contributed by atoms with Crippen LogP contribution in [0.15, 0.2) is 0 Å². The smallest absolute Gasteiger partial charge is 0.396 e. The van der Waals surface area contributed by atoms with Crippen LogP contribution in [0.5, 0.6) is 0 Å². The SMILES string of the molecule is COC(=O)C(=O)N1CCOCC1C(=O)NC1CC1. The second kappa shape index (κ2) is 5.34. The number of nitrogens with zero attached hydrogens (tertiary/aromatic N) is 1. The lowest BCUT2D eigenvalue weighted by Crippen LogP contribution is -2.57. The molecule has 7 heteroatoms. The third-order valence-corrected chi connectivity index (χ3v) is 2.98. The Morgan fingerprint density at radius 3 is 2.67 bits per heavy atom. The fraction of sp³-hybridized carbons (Fsp3) is 0.727. The van der Waals surface area contributed by atoms with Crippen molar-refractivity contribution in [1.29, 1.82) is 0 Å². The monoisotopic (exact) mass is 256 g/mol. The number of carbonyl (C=O) groups is 3. The molecule has 1 saturated heterocycles. The number of hydrogen-bond donors (Lipinski definition) is 1. The van der Waals surface area contributed by atoms with Crippen LogP contribution in [-0.4, -0.2) is 61.6 Å². The molecule has 0 bridgehead atoms. The van der Waals surface area contributed by atoms with Crippen molar-refractivity contribution in [3.8, 4) is 0 Å². The number of esters is 1. The third-order valence-electron chi connectivity index (χ3n) is 2.98. The summed E-state index contributed by atoms with van der Waals surface area (Å²) in [6.07, 6.45) is 1.93. The van der Waals surface area contributed by atoms with E-state index < -0.39 is 17.9 Å². The normalized spacial score (nSPS) is 23.4. The lowest BCUT2D eigenvalue weighted by atomic mass is 10.2. The predicted octanol–water partition coefficient (Wildman–Crippen LogP) is -1.33. The van der Waals surface area contributed by atoms with E-state index in [1.165, 1.54) is 4.90 Å². The molecule has 7 nitrogen and oxygen atoms in total. The largest absolute Gasteiger partial charge is 0.462 e. The van der Waals surface area contributed by atoms with Gasteiger partial charge < -0.3 is 19.7 Å². The molecule has 1 atom stereocenters. The maximum Gasteiger partial charge on any atom is 0.396 e. The molecule has 18 heavy (non-hydrogen) atoms. The quantitative estimate of drug-likeness (QED) is 0.488. The van der Waals surface area contributed by atoms with Crippen molar-refractivity contribution in [3.05, 3.63) is 0 Å². The van der Waals surface area contributed by atoms with Gasteiger partial charge in [-0.15, -0.1) is 0 Å². The molecule has 1 aliphatic heterocycles. The first kappa shape index (κ1) is 12.8. The molecule has 2 fully saturated rings. The Morgan fingerprint density at radius 2 is 2.06 bits per heavy atom. The molecular formula is C11H16N2O5. The number of rotatable bonds is 2. The lowest BCUT2D eigenvalue weighted by molar-refractivity contribution is -0.164. The summed E-state index contributed by atoms with van der Waals surface area (Å²) in [5, 5.41) is 2.80. The lowest BCUT2D eigenvalue weighted by Gasteiger charge is -2.33. The summed E-state index contributed by atoms with van der Waals surface area (Å²) >= 11 is 0. The number of morpholine rings is 1. The molecule has 0 aromatic carbocycles. The molecule has 2 rings (SSSR count). The molecule has 0 radical (unpaired) electrons. The van der Waals surface area contributed by atoms with Gasteiger partial charge in [-0.3, -0.25) is 9.59 Å². The summed E-state index contributed by atoms with van der Waals surface area (Å²) < 4.78 is 9.58. The molecule has 0 aromatic heterocycles. The van der Waals surface area contributed by atoms with E-state index in [1.54, 1.807) is 0 Å². The van der Waals surface area contributed by atoms with Crippen molar-refractivity contribution in [1.82, 2.24) is 10.2 Å². The van der Waals surface area contributed by atoms with Gasteiger partial charge in [0.2, 0.25) is 5.91 Å². The highest BCUT2D eigenvalue weighted by Crippen LogP contribution is 2.19. The Balaban J connectivity index is 2.02. The number of amides is 2. The number of methoxy groups -OCH3 is 1. The second-order valence-electron chi connectivity index (χ2n) is 4.36. The van der Waals surface area contributed by atoms with Crippen LogP contribution >= 0.6 is 0 Å². The maximum absolute atomic E-state index is 11.9. The molecule has 0 spiro atoms. The van der Waals surface area contributed by atoms with Gasteiger partial charge in [-0.1, -0.05) is 0 Å². The second-order valence-corrected chi connectivity index (χ2v) is 4.36. The fourth-order valence-corrected chi connectivity index (χ4v) is 1.79. The van der Waals surface area contributed by atoms with Crippen LogP contribution in [0.3, 0.4) is 0 Å². The maximum atomic E-state index is 11.9. The molecule has 1 N–H and O–H groups in total. The van der Waals surface area contributed by atoms with Crippen LogP contribution in [0.4, 0.5) is 0 Å². The van der Waals surface area contributed by atoms with E-state index in [4.69, 9.17) is 4.74 Å². The van der Waals surface area contributed by atoms with E-state index in [9.17, 15) is 14.4 Å². The van der Waals surface area contributed by atoms with Crippen LogP contribution in [0.1, 0.15) is 12.8 Å². The van der Waals surface area contributed by atoms with Crippen LogP contribution in [0.25, 0.3) is 0 Å². The van der Waals surface area contributed by atoms with Gasteiger partial charge in [-0.05, 0) is 12.8 Å². The molecule has 1 heterocycles. The first-order valence-electron chi connectivity index (χ1n) is 5.90. The minimum absolute atomic E-state index is 0.112. The molecule has 1 saturated carbocycles. The molecule has 1 unspecified atom stereocenters.